The molecule has 0 saturated heterocycles. The summed E-state index contributed by atoms with van der Waals surface area (Å²) in [5.41, 5.74) is 0.319. The van der Waals surface area contributed by atoms with Crippen molar-refractivity contribution in [3.8, 4) is 0 Å². The van der Waals surface area contributed by atoms with E-state index in [1.807, 2.05) is 0 Å². The van der Waals surface area contributed by atoms with Gasteiger partial charge in [0.2, 0.25) is 10.0 Å². The number of primary sulfonamides is 1. The molecule has 2 N–H and O–H groups in total. The van der Waals surface area contributed by atoms with E-state index in [0.717, 1.165) is 12.8 Å². The number of methoxy groups -OCH3 is 1. The van der Waals surface area contributed by atoms with Crippen molar-refractivity contribution in [2.75, 3.05) is 7.11 Å². The van der Waals surface area contributed by atoms with Gasteiger partial charge in [0.1, 0.15) is 0 Å². The van der Waals surface area contributed by atoms with E-state index in [2.05, 4.69) is 13.8 Å². The van der Waals surface area contributed by atoms with Crippen LogP contribution in [0.4, 0.5) is 0 Å². The summed E-state index contributed by atoms with van der Waals surface area (Å²) in [5.74, 6) is 0.318. The van der Waals surface area contributed by atoms with Crippen molar-refractivity contribution in [1.29, 1.82) is 0 Å². The first-order chi connectivity index (χ1) is 6.67. The second-order valence-corrected chi connectivity index (χ2v) is 7.25. The Morgan fingerprint density at radius 1 is 1.40 bits per heavy atom. The Labute approximate surface area is 92.2 Å². The van der Waals surface area contributed by atoms with Gasteiger partial charge in [-0.25, -0.2) is 13.6 Å². The summed E-state index contributed by atoms with van der Waals surface area (Å²) < 4.78 is 27.7. The van der Waals surface area contributed by atoms with Crippen LogP contribution in [0.2, 0.25) is 0 Å². The topological polar surface area (TPSA) is 69.4 Å². The van der Waals surface area contributed by atoms with Gasteiger partial charge >= 0.3 is 0 Å². The molecule has 90 valence electrons. The fraction of sp³-hybridized carbons (Fsp3) is 1.00. The molecule has 0 aromatic carbocycles. The Hall–Kier alpha value is -0.130. The lowest BCUT2D eigenvalue weighted by Crippen LogP contribution is -2.48. The van der Waals surface area contributed by atoms with Gasteiger partial charge < -0.3 is 4.74 Å². The summed E-state index contributed by atoms with van der Waals surface area (Å²) in [7, 11) is -1.94. The highest BCUT2D eigenvalue weighted by atomic mass is 32.2. The highest BCUT2D eigenvalue weighted by molar-refractivity contribution is 7.89. The van der Waals surface area contributed by atoms with Gasteiger partial charge in [0.25, 0.3) is 0 Å². The molecule has 0 bridgehead atoms. The number of nitrogens with two attached hydrogens (primary N) is 1. The maximum atomic E-state index is 11.2. The molecule has 15 heavy (non-hydrogen) atoms. The van der Waals surface area contributed by atoms with E-state index in [4.69, 9.17) is 9.88 Å². The second-order valence-electron chi connectivity index (χ2n) is 5.33. The van der Waals surface area contributed by atoms with Crippen LogP contribution in [-0.2, 0) is 14.8 Å². The Balaban J connectivity index is 2.66. The van der Waals surface area contributed by atoms with E-state index in [0.29, 0.717) is 11.3 Å². The molecule has 5 heteroatoms. The largest absolute Gasteiger partial charge is 0.380 e. The molecule has 0 heterocycles. The molecule has 2 atom stereocenters. The van der Waals surface area contributed by atoms with Crippen LogP contribution in [0.1, 0.15) is 33.6 Å². The van der Waals surface area contributed by atoms with Gasteiger partial charge in [0, 0.05) is 7.11 Å². The van der Waals surface area contributed by atoms with E-state index in [1.165, 1.54) is 0 Å². The smallest absolute Gasteiger partial charge is 0.214 e. The standard InChI is InChI=1S/C10H21NO3S/c1-7(15(11,12)13)9(14-4)8-5-10(2,3)6-8/h7-9H,5-6H2,1-4H3,(H2,11,12,13)/t7-,9+/m0/s1. The minimum atomic E-state index is -3.50. The molecule has 1 fully saturated rings. The zero-order valence-electron chi connectivity index (χ0n) is 9.86. The molecule has 0 amide bonds. The SMILES string of the molecule is CO[C@@H](C1CC(C)(C)C1)[C@H](C)S(N)(=O)=O. The molecule has 0 spiro atoms. The van der Waals surface area contributed by atoms with Crippen molar-refractivity contribution in [3.05, 3.63) is 0 Å². The Morgan fingerprint density at radius 3 is 2.13 bits per heavy atom. The van der Waals surface area contributed by atoms with Gasteiger partial charge in [-0.1, -0.05) is 13.8 Å². The third-order valence-electron chi connectivity index (χ3n) is 3.35. The lowest BCUT2D eigenvalue weighted by molar-refractivity contribution is -0.0368. The van der Waals surface area contributed by atoms with Gasteiger partial charge in [-0.2, -0.15) is 0 Å². The van der Waals surface area contributed by atoms with Crippen LogP contribution in [0.15, 0.2) is 0 Å². The maximum absolute atomic E-state index is 11.2. The molecule has 0 aromatic rings. The molecule has 1 rings (SSSR count). The molecular formula is C10H21NO3S. The molecule has 0 unspecified atom stereocenters. The normalized spacial score (nSPS) is 25.7. The first-order valence-corrected chi connectivity index (χ1v) is 6.83. The third-order valence-corrected chi connectivity index (χ3v) is 4.65. The minimum Gasteiger partial charge on any atom is -0.380 e. The summed E-state index contributed by atoms with van der Waals surface area (Å²) in [6.07, 6.45) is 1.74. The Bertz CT molecular complexity index is 316. The average Bonchev–Trinajstić information content (AvgIpc) is 2.00. The quantitative estimate of drug-likeness (QED) is 0.793. The van der Waals surface area contributed by atoms with Crippen molar-refractivity contribution in [3.63, 3.8) is 0 Å². The molecular weight excluding hydrogens is 214 g/mol. The number of hydrogen-bond acceptors (Lipinski definition) is 3. The molecule has 0 radical (unpaired) electrons. The van der Waals surface area contributed by atoms with Crippen molar-refractivity contribution in [2.45, 2.75) is 45.0 Å². The fourth-order valence-electron chi connectivity index (χ4n) is 2.55. The first-order valence-electron chi connectivity index (χ1n) is 5.22. The fourth-order valence-corrected chi connectivity index (χ4v) is 3.25. The predicted molar refractivity (Wildman–Crippen MR) is 59.9 cm³/mol. The Kier molecular flexibility index (Phi) is 3.48. The minimum absolute atomic E-state index is 0.270. The van der Waals surface area contributed by atoms with E-state index in [9.17, 15) is 8.42 Å². The highest BCUT2D eigenvalue weighted by Crippen LogP contribution is 2.47. The van der Waals surface area contributed by atoms with Crippen LogP contribution in [0.3, 0.4) is 0 Å². The number of hydrogen-bond donors (Lipinski definition) is 1. The van der Waals surface area contributed by atoms with Gasteiger partial charge in [0.05, 0.1) is 11.4 Å². The van der Waals surface area contributed by atoms with Gasteiger partial charge in [-0.15, -0.1) is 0 Å². The van der Waals surface area contributed by atoms with Crippen LogP contribution in [-0.4, -0.2) is 26.9 Å². The highest BCUT2D eigenvalue weighted by Gasteiger charge is 2.44. The van der Waals surface area contributed by atoms with Crippen LogP contribution < -0.4 is 5.14 Å². The summed E-state index contributed by atoms with van der Waals surface area (Å²) in [5, 5.41) is 4.51. The maximum Gasteiger partial charge on any atom is 0.214 e. The molecule has 1 saturated carbocycles. The van der Waals surface area contributed by atoms with Gasteiger partial charge in [-0.3, -0.25) is 0 Å². The van der Waals surface area contributed by atoms with Crippen molar-refractivity contribution < 1.29 is 13.2 Å². The summed E-state index contributed by atoms with van der Waals surface area (Å²) in [4.78, 5) is 0. The summed E-state index contributed by atoms with van der Waals surface area (Å²) >= 11 is 0. The summed E-state index contributed by atoms with van der Waals surface area (Å²) in [6, 6.07) is 0. The van der Waals surface area contributed by atoms with E-state index >= 15 is 0 Å². The average molecular weight is 235 g/mol. The number of sulfonamides is 1. The molecule has 4 nitrogen and oxygen atoms in total. The van der Waals surface area contributed by atoms with Crippen LogP contribution >= 0.6 is 0 Å². The molecule has 1 aliphatic rings. The van der Waals surface area contributed by atoms with Crippen LogP contribution in [0, 0.1) is 11.3 Å². The van der Waals surface area contributed by atoms with Crippen molar-refractivity contribution in [1.82, 2.24) is 0 Å². The first kappa shape index (κ1) is 12.9. The molecule has 1 aliphatic carbocycles. The zero-order valence-corrected chi connectivity index (χ0v) is 10.7. The Morgan fingerprint density at radius 2 is 1.87 bits per heavy atom. The molecule has 0 aromatic heterocycles. The van der Waals surface area contributed by atoms with Crippen LogP contribution in [0.5, 0.6) is 0 Å². The lowest BCUT2D eigenvalue weighted by atomic mass is 9.62. The zero-order chi connectivity index (χ0) is 11.9. The van der Waals surface area contributed by atoms with Crippen molar-refractivity contribution in [2.24, 2.45) is 16.5 Å². The molecule has 0 aliphatic heterocycles. The predicted octanol–water partition coefficient (Wildman–Crippen LogP) is 1.11. The van der Waals surface area contributed by atoms with Gasteiger partial charge in [-0.05, 0) is 31.1 Å². The third kappa shape index (κ3) is 2.92. The van der Waals surface area contributed by atoms with Crippen molar-refractivity contribution >= 4 is 10.0 Å². The summed E-state index contributed by atoms with van der Waals surface area (Å²) in [6.45, 7) is 5.98. The van der Waals surface area contributed by atoms with Crippen LogP contribution in [0.25, 0.3) is 0 Å². The number of ether oxygens (including phenoxy) is 1. The lowest BCUT2D eigenvalue weighted by Gasteiger charge is -2.47. The van der Waals surface area contributed by atoms with E-state index in [-0.39, 0.29) is 6.10 Å². The van der Waals surface area contributed by atoms with E-state index < -0.39 is 15.3 Å². The number of rotatable bonds is 4. The van der Waals surface area contributed by atoms with Gasteiger partial charge in [0.15, 0.2) is 0 Å². The van der Waals surface area contributed by atoms with E-state index in [1.54, 1.807) is 14.0 Å². The second kappa shape index (κ2) is 4.03. The monoisotopic (exact) mass is 235 g/mol.